The lowest BCUT2D eigenvalue weighted by Gasteiger charge is -2.38. The number of para-hydroxylation sites is 1. The Kier molecular flexibility index (Phi) is 4.83. The quantitative estimate of drug-likeness (QED) is 0.508. The third-order valence-electron chi connectivity index (χ3n) is 5.58. The van der Waals surface area contributed by atoms with Crippen molar-refractivity contribution in [3.8, 4) is 5.69 Å². The second-order valence-corrected chi connectivity index (χ2v) is 8.22. The number of carbonyl (C=O) groups is 1. The third-order valence-corrected chi connectivity index (χ3v) is 6.09. The van der Waals surface area contributed by atoms with Crippen molar-refractivity contribution in [1.29, 1.82) is 0 Å². The first-order valence-electron chi connectivity index (χ1n) is 9.81. The summed E-state index contributed by atoms with van der Waals surface area (Å²) in [6.45, 7) is 0.859. The van der Waals surface area contributed by atoms with Gasteiger partial charge in [-0.3, -0.25) is 14.2 Å². The fourth-order valence-electron chi connectivity index (χ4n) is 3.84. The second kappa shape index (κ2) is 7.67. The molecular formula is C20H19N7O3S. The molecule has 1 N–H and O–H groups in total. The van der Waals surface area contributed by atoms with Crippen molar-refractivity contribution in [2.75, 3.05) is 13.1 Å². The summed E-state index contributed by atoms with van der Waals surface area (Å²) in [6, 6.07) is 9.46. The van der Waals surface area contributed by atoms with Gasteiger partial charge in [-0.25, -0.2) is 9.67 Å². The van der Waals surface area contributed by atoms with E-state index in [2.05, 4.69) is 19.7 Å². The molecule has 5 rings (SSSR count). The maximum absolute atomic E-state index is 13.0. The molecule has 0 spiro atoms. The molecule has 31 heavy (non-hydrogen) atoms. The van der Waals surface area contributed by atoms with Crippen molar-refractivity contribution in [3.63, 3.8) is 0 Å². The number of hydrogen-bond acceptors (Lipinski definition) is 8. The summed E-state index contributed by atoms with van der Waals surface area (Å²) in [7, 11) is 0. The van der Waals surface area contributed by atoms with Crippen LogP contribution in [0.25, 0.3) is 16.7 Å². The Bertz CT molecular complexity index is 1280. The van der Waals surface area contributed by atoms with Crippen LogP contribution in [-0.2, 0) is 6.54 Å². The van der Waals surface area contributed by atoms with Crippen LogP contribution in [0.1, 0.15) is 23.3 Å². The van der Waals surface area contributed by atoms with E-state index in [0.717, 1.165) is 17.2 Å². The van der Waals surface area contributed by atoms with E-state index in [-0.39, 0.29) is 18.0 Å². The van der Waals surface area contributed by atoms with E-state index in [4.69, 9.17) is 0 Å². The monoisotopic (exact) mass is 437 g/mol. The predicted octanol–water partition coefficient (Wildman–Crippen LogP) is 1.10. The molecule has 0 aliphatic carbocycles. The van der Waals surface area contributed by atoms with Crippen LogP contribution in [0.5, 0.6) is 0 Å². The van der Waals surface area contributed by atoms with Gasteiger partial charge in [0.15, 0.2) is 11.3 Å². The van der Waals surface area contributed by atoms with Gasteiger partial charge in [0.25, 0.3) is 11.5 Å². The average Bonchev–Trinajstić information content (AvgIpc) is 3.47. The molecule has 4 aromatic rings. The van der Waals surface area contributed by atoms with Crippen molar-refractivity contribution in [2.45, 2.75) is 25.0 Å². The smallest absolute Gasteiger partial charge is 0.275 e. The van der Waals surface area contributed by atoms with E-state index in [1.165, 1.54) is 17.1 Å². The van der Waals surface area contributed by atoms with Gasteiger partial charge in [0.2, 0.25) is 0 Å². The van der Waals surface area contributed by atoms with Crippen molar-refractivity contribution in [2.24, 2.45) is 0 Å². The molecule has 0 atom stereocenters. The normalized spacial score (nSPS) is 16.0. The lowest BCUT2D eigenvalue weighted by Crippen LogP contribution is -2.49. The maximum atomic E-state index is 13.0. The van der Waals surface area contributed by atoms with Crippen molar-refractivity contribution < 1.29 is 9.90 Å². The number of fused-ring (bicyclic) bond motifs is 1. The standard InChI is InChI=1S/C20H19N7O3S/c28-18-15-10-22-27(14-4-2-1-3-5-14)17(15)21-13-26(18)12-20(30)6-8-25(9-7-20)19(29)16-11-31-24-23-16/h1-5,10-11,13,30H,6-9,12H2. The Hall–Kier alpha value is -3.44. The van der Waals surface area contributed by atoms with Crippen LogP contribution in [0.2, 0.25) is 0 Å². The fourth-order valence-corrected chi connectivity index (χ4v) is 4.27. The highest BCUT2D eigenvalue weighted by Gasteiger charge is 2.35. The van der Waals surface area contributed by atoms with Gasteiger partial charge < -0.3 is 10.0 Å². The molecule has 0 saturated carbocycles. The van der Waals surface area contributed by atoms with E-state index < -0.39 is 5.60 Å². The van der Waals surface area contributed by atoms with Crippen LogP contribution in [0, 0.1) is 0 Å². The molecule has 158 valence electrons. The number of piperidine rings is 1. The number of hydrogen-bond donors (Lipinski definition) is 1. The molecule has 1 saturated heterocycles. The van der Waals surface area contributed by atoms with Gasteiger partial charge in [-0.1, -0.05) is 22.7 Å². The molecule has 1 amide bonds. The molecule has 1 aliphatic rings. The minimum atomic E-state index is -1.11. The highest BCUT2D eigenvalue weighted by molar-refractivity contribution is 7.03. The highest BCUT2D eigenvalue weighted by Crippen LogP contribution is 2.25. The summed E-state index contributed by atoms with van der Waals surface area (Å²) in [5.74, 6) is -0.190. The number of benzene rings is 1. The summed E-state index contributed by atoms with van der Waals surface area (Å²) in [6.07, 6.45) is 3.65. The van der Waals surface area contributed by atoms with Gasteiger partial charge in [-0.15, -0.1) is 5.10 Å². The number of rotatable bonds is 4. The van der Waals surface area contributed by atoms with E-state index in [9.17, 15) is 14.7 Å². The zero-order chi connectivity index (χ0) is 21.4. The first-order valence-corrected chi connectivity index (χ1v) is 10.7. The highest BCUT2D eigenvalue weighted by atomic mass is 32.1. The van der Waals surface area contributed by atoms with Gasteiger partial charge in [0, 0.05) is 18.5 Å². The number of amides is 1. The molecule has 1 aliphatic heterocycles. The Labute approximate surface area is 180 Å². The van der Waals surface area contributed by atoms with Crippen LogP contribution in [0.3, 0.4) is 0 Å². The Morgan fingerprint density at radius 2 is 1.97 bits per heavy atom. The number of nitrogens with zero attached hydrogens (tertiary/aromatic N) is 7. The van der Waals surface area contributed by atoms with Gasteiger partial charge >= 0.3 is 0 Å². The number of aromatic nitrogens is 6. The molecule has 3 aromatic heterocycles. The van der Waals surface area contributed by atoms with Gasteiger partial charge in [-0.2, -0.15) is 5.10 Å². The Morgan fingerprint density at radius 3 is 2.68 bits per heavy atom. The molecule has 0 radical (unpaired) electrons. The van der Waals surface area contributed by atoms with E-state index in [1.54, 1.807) is 15.0 Å². The molecule has 1 aromatic carbocycles. The minimum absolute atomic E-state index is 0.103. The fraction of sp³-hybridized carbons (Fsp3) is 0.300. The average molecular weight is 437 g/mol. The van der Waals surface area contributed by atoms with Gasteiger partial charge in [0.1, 0.15) is 11.7 Å². The second-order valence-electron chi connectivity index (χ2n) is 7.61. The SMILES string of the molecule is O=C(c1csnn1)N1CCC(O)(Cn2cnc3c(cnn3-c3ccccc3)c2=O)CC1. The van der Waals surface area contributed by atoms with Crippen LogP contribution in [-0.4, -0.2) is 63.5 Å². The van der Waals surface area contributed by atoms with E-state index in [0.29, 0.717) is 42.7 Å². The van der Waals surface area contributed by atoms with Crippen LogP contribution < -0.4 is 5.56 Å². The lowest BCUT2D eigenvalue weighted by atomic mass is 9.91. The van der Waals surface area contributed by atoms with Gasteiger partial charge in [-0.05, 0) is 36.5 Å². The summed E-state index contributed by atoms with van der Waals surface area (Å²) >= 11 is 1.13. The molecule has 11 heteroatoms. The maximum Gasteiger partial charge on any atom is 0.275 e. The van der Waals surface area contributed by atoms with E-state index in [1.807, 2.05) is 30.3 Å². The Balaban J connectivity index is 1.34. The first-order chi connectivity index (χ1) is 15.0. The van der Waals surface area contributed by atoms with Crippen LogP contribution in [0.15, 0.2) is 53.0 Å². The predicted molar refractivity (Wildman–Crippen MR) is 113 cm³/mol. The summed E-state index contributed by atoms with van der Waals surface area (Å²) in [4.78, 5) is 31.5. The summed E-state index contributed by atoms with van der Waals surface area (Å²) < 4.78 is 6.76. The molecular weight excluding hydrogens is 418 g/mol. The van der Waals surface area contributed by atoms with Crippen molar-refractivity contribution in [1.82, 2.24) is 33.8 Å². The molecule has 10 nitrogen and oxygen atoms in total. The molecule has 0 unspecified atom stereocenters. The Morgan fingerprint density at radius 1 is 1.19 bits per heavy atom. The number of likely N-dealkylation sites (tertiary alicyclic amines) is 1. The first kappa shape index (κ1) is 19.5. The lowest BCUT2D eigenvalue weighted by molar-refractivity contribution is -0.0300. The minimum Gasteiger partial charge on any atom is -0.388 e. The van der Waals surface area contributed by atoms with Crippen LogP contribution in [0.4, 0.5) is 0 Å². The largest absolute Gasteiger partial charge is 0.388 e. The molecule has 4 heterocycles. The zero-order valence-electron chi connectivity index (χ0n) is 16.5. The number of aliphatic hydroxyl groups is 1. The number of carbonyl (C=O) groups excluding carboxylic acids is 1. The van der Waals surface area contributed by atoms with Crippen molar-refractivity contribution in [3.05, 3.63) is 64.3 Å². The summed E-state index contributed by atoms with van der Waals surface area (Å²) in [5, 5.41) is 21.2. The third kappa shape index (κ3) is 3.62. The van der Waals surface area contributed by atoms with Gasteiger partial charge in [0.05, 0.1) is 24.0 Å². The molecule has 0 bridgehead atoms. The zero-order valence-corrected chi connectivity index (χ0v) is 17.3. The summed E-state index contributed by atoms with van der Waals surface area (Å²) in [5.41, 5.74) is 0.236. The van der Waals surface area contributed by atoms with E-state index >= 15 is 0 Å². The molecule has 1 fully saturated rings. The topological polar surface area (TPSA) is 119 Å². The van der Waals surface area contributed by atoms with Crippen LogP contribution >= 0.6 is 11.5 Å². The van der Waals surface area contributed by atoms with Crippen molar-refractivity contribution >= 4 is 28.5 Å².